The van der Waals surface area contributed by atoms with E-state index in [1.807, 2.05) is 18.2 Å². The van der Waals surface area contributed by atoms with Gasteiger partial charge in [0.2, 0.25) is 0 Å². The normalized spacial score (nSPS) is 24.4. The molecule has 4 heteroatoms. The van der Waals surface area contributed by atoms with Gasteiger partial charge in [-0.2, -0.15) is 0 Å². The Labute approximate surface area is 110 Å². The average Bonchev–Trinajstić information content (AvgIpc) is 2.34. The van der Waals surface area contributed by atoms with E-state index in [-0.39, 0.29) is 12.2 Å². The average molecular weight is 301 g/mol. The number of hydrogen-bond acceptors (Lipinski definition) is 3. The van der Waals surface area contributed by atoms with Crippen LogP contribution >= 0.6 is 15.9 Å². The molecule has 1 N–H and O–H groups in total. The highest BCUT2D eigenvalue weighted by molar-refractivity contribution is 9.10. The van der Waals surface area contributed by atoms with Gasteiger partial charge in [0.15, 0.2) is 0 Å². The van der Waals surface area contributed by atoms with Crippen molar-refractivity contribution in [1.82, 2.24) is 0 Å². The predicted molar refractivity (Wildman–Crippen MR) is 69.6 cm³/mol. The van der Waals surface area contributed by atoms with E-state index < -0.39 is 0 Å². The first-order valence-electron chi connectivity index (χ1n) is 5.89. The second-order valence-electron chi connectivity index (χ2n) is 4.30. The van der Waals surface area contributed by atoms with Crippen LogP contribution in [0.25, 0.3) is 0 Å². The lowest BCUT2D eigenvalue weighted by molar-refractivity contribution is 0.00646. The van der Waals surface area contributed by atoms with Crippen molar-refractivity contribution < 1.29 is 14.6 Å². The third-order valence-corrected chi connectivity index (χ3v) is 3.70. The van der Waals surface area contributed by atoms with Crippen LogP contribution in [-0.2, 0) is 0 Å². The molecule has 0 aliphatic heterocycles. The number of aliphatic hydroxyl groups is 1. The molecule has 0 amide bonds. The van der Waals surface area contributed by atoms with Crippen molar-refractivity contribution in [1.29, 1.82) is 0 Å². The Hall–Kier alpha value is -0.740. The molecule has 2 rings (SSSR count). The van der Waals surface area contributed by atoms with Gasteiger partial charge in [-0.1, -0.05) is 6.42 Å². The molecule has 0 heterocycles. The molecule has 0 radical (unpaired) electrons. The Morgan fingerprint density at radius 1 is 1.29 bits per heavy atom. The molecule has 94 valence electrons. The number of halogens is 1. The maximum Gasteiger partial charge on any atom is 0.134 e. The molecule has 1 fully saturated rings. The van der Waals surface area contributed by atoms with Crippen molar-refractivity contribution in [3.63, 3.8) is 0 Å². The first-order valence-corrected chi connectivity index (χ1v) is 6.68. The van der Waals surface area contributed by atoms with Crippen LogP contribution in [-0.4, -0.2) is 24.4 Å². The molecule has 1 aromatic rings. The van der Waals surface area contributed by atoms with Crippen LogP contribution in [0.1, 0.15) is 25.7 Å². The monoisotopic (exact) mass is 300 g/mol. The minimum atomic E-state index is -0.349. The molecular weight excluding hydrogens is 284 g/mol. The van der Waals surface area contributed by atoms with E-state index in [1.54, 1.807) is 7.11 Å². The zero-order chi connectivity index (χ0) is 12.3. The molecule has 17 heavy (non-hydrogen) atoms. The highest BCUT2D eigenvalue weighted by atomic mass is 79.9. The van der Waals surface area contributed by atoms with E-state index in [0.717, 1.165) is 41.7 Å². The number of ether oxygens (including phenoxy) is 2. The standard InChI is InChI=1S/C13H17BrO3/c1-16-9-6-7-12(10(14)8-9)17-13-5-3-2-4-11(13)15/h6-8,11,13,15H,2-5H2,1H3/t11-,13-/m0/s1. The first kappa shape index (κ1) is 12.7. The van der Waals surface area contributed by atoms with Crippen LogP contribution in [0.15, 0.2) is 22.7 Å². The highest BCUT2D eigenvalue weighted by Crippen LogP contribution is 2.32. The Morgan fingerprint density at radius 3 is 2.71 bits per heavy atom. The quantitative estimate of drug-likeness (QED) is 0.932. The van der Waals surface area contributed by atoms with Gasteiger partial charge in [-0.3, -0.25) is 0 Å². The molecule has 3 nitrogen and oxygen atoms in total. The van der Waals surface area contributed by atoms with E-state index in [0.29, 0.717) is 0 Å². The molecule has 0 spiro atoms. The lowest BCUT2D eigenvalue weighted by atomic mass is 9.95. The molecule has 1 aromatic carbocycles. The Morgan fingerprint density at radius 2 is 2.06 bits per heavy atom. The zero-order valence-electron chi connectivity index (χ0n) is 9.86. The second kappa shape index (κ2) is 5.74. The number of hydrogen-bond donors (Lipinski definition) is 1. The summed E-state index contributed by atoms with van der Waals surface area (Å²) in [7, 11) is 1.63. The van der Waals surface area contributed by atoms with Gasteiger partial charge in [0.1, 0.15) is 17.6 Å². The van der Waals surface area contributed by atoms with E-state index >= 15 is 0 Å². The Balaban J connectivity index is 2.07. The largest absolute Gasteiger partial charge is 0.497 e. The molecule has 0 unspecified atom stereocenters. The van der Waals surface area contributed by atoms with Crippen LogP contribution in [0, 0.1) is 0 Å². The van der Waals surface area contributed by atoms with Crippen molar-refractivity contribution in [3.05, 3.63) is 22.7 Å². The van der Waals surface area contributed by atoms with Gasteiger partial charge in [-0.25, -0.2) is 0 Å². The summed E-state index contributed by atoms with van der Waals surface area (Å²) in [5, 5.41) is 9.86. The van der Waals surface area contributed by atoms with Gasteiger partial charge in [0.25, 0.3) is 0 Å². The number of methoxy groups -OCH3 is 1. The van der Waals surface area contributed by atoms with Crippen LogP contribution < -0.4 is 9.47 Å². The van der Waals surface area contributed by atoms with Crippen LogP contribution in [0.4, 0.5) is 0 Å². The van der Waals surface area contributed by atoms with Gasteiger partial charge >= 0.3 is 0 Å². The smallest absolute Gasteiger partial charge is 0.134 e. The maximum absolute atomic E-state index is 9.86. The molecule has 0 saturated heterocycles. The summed E-state index contributed by atoms with van der Waals surface area (Å²) in [6.07, 6.45) is 3.52. The number of benzene rings is 1. The second-order valence-corrected chi connectivity index (χ2v) is 5.16. The van der Waals surface area contributed by atoms with E-state index in [1.165, 1.54) is 0 Å². The minimum absolute atomic E-state index is 0.0894. The zero-order valence-corrected chi connectivity index (χ0v) is 11.4. The molecule has 0 aromatic heterocycles. The van der Waals surface area contributed by atoms with Crippen molar-refractivity contribution in [2.24, 2.45) is 0 Å². The first-order chi connectivity index (χ1) is 8.20. The van der Waals surface area contributed by atoms with Gasteiger partial charge < -0.3 is 14.6 Å². The van der Waals surface area contributed by atoms with Crippen molar-refractivity contribution in [2.45, 2.75) is 37.9 Å². The Bertz CT molecular complexity index is 381. The summed E-state index contributed by atoms with van der Waals surface area (Å²) in [5.41, 5.74) is 0. The molecule has 1 aliphatic rings. The minimum Gasteiger partial charge on any atom is -0.497 e. The highest BCUT2D eigenvalue weighted by Gasteiger charge is 2.25. The SMILES string of the molecule is COc1ccc(O[C@H]2CCCC[C@@H]2O)c(Br)c1. The molecule has 0 bridgehead atoms. The van der Waals surface area contributed by atoms with Gasteiger partial charge in [-0.05, 0) is 53.4 Å². The van der Waals surface area contributed by atoms with E-state index in [2.05, 4.69) is 15.9 Å². The molecule has 1 aliphatic carbocycles. The maximum atomic E-state index is 9.86. The fraction of sp³-hybridized carbons (Fsp3) is 0.538. The lowest BCUT2D eigenvalue weighted by Gasteiger charge is -2.28. The molecule has 2 atom stereocenters. The fourth-order valence-electron chi connectivity index (χ4n) is 2.08. The number of rotatable bonds is 3. The number of aliphatic hydroxyl groups excluding tert-OH is 1. The van der Waals surface area contributed by atoms with Gasteiger partial charge in [0.05, 0.1) is 17.7 Å². The van der Waals surface area contributed by atoms with Crippen LogP contribution in [0.2, 0.25) is 0 Å². The van der Waals surface area contributed by atoms with Gasteiger partial charge in [-0.15, -0.1) is 0 Å². The van der Waals surface area contributed by atoms with Crippen molar-refractivity contribution >= 4 is 15.9 Å². The van der Waals surface area contributed by atoms with Crippen LogP contribution in [0.5, 0.6) is 11.5 Å². The fourth-order valence-corrected chi connectivity index (χ4v) is 2.53. The van der Waals surface area contributed by atoms with Crippen molar-refractivity contribution in [2.75, 3.05) is 7.11 Å². The predicted octanol–water partition coefficient (Wildman–Crippen LogP) is 3.14. The van der Waals surface area contributed by atoms with Gasteiger partial charge in [0, 0.05) is 0 Å². The van der Waals surface area contributed by atoms with E-state index in [4.69, 9.17) is 9.47 Å². The summed E-state index contributed by atoms with van der Waals surface area (Å²) < 4.78 is 11.8. The Kier molecular flexibility index (Phi) is 4.29. The molecule has 1 saturated carbocycles. The molecular formula is C13H17BrO3. The third kappa shape index (κ3) is 3.13. The summed E-state index contributed by atoms with van der Waals surface area (Å²) >= 11 is 3.45. The van der Waals surface area contributed by atoms with Crippen LogP contribution in [0.3, 0.4) is 0 Å². The van der Waals surface area contributed by atoms with Crippen molar-refractivity contribution in [3.8, 4) is 11.5 Å². The third-order valence-electron chi connectivity index (χ3n) is 3.09. The summed E-state index contributed by atoms with van der Waals surface area (Å²) in [6.45, 7) is 0. The van der Waals surface area contributed by atoms with E-state index in [9.17, 15) is 5.11 Å². The lowest BCUT2D eigenvalue weighted by Crippen LogP contribution is -2.34. The summed E-state index contributed by atoms with van der Waals surface area (Å²) in [6, 6.07) is 5.59. The summed E-state index contributed by atoms with van der Waals surface area (Å²) in [5.74, 6) is 1.55. The topological polar surface area (TPSA) is 38.7 Å². The summed E-state index contributed by atoms with van der Waals surface area (Å²) in [4.78, 5) is 0.